The maximum atomic E-state index is 15.6. The molecule has 9 heteroatoms. The van der Waals surface area contributed by atoms with Gasteiger partial charge in [-0.25, -0.2) is 9.37 Å². The highest BCUT2D eigenvalue weighted by Gasteiger charge is 2.21. The summed E-state index contributed by atoms with van der Waals surface area (Å²) in [6.07, 6.45) is 1.48. The molecule has 192 valence electrons. The zero-order valence-electron chi connectivity index (χ0n) is 20.9. The monoisotopic (exact) mass is 521 g/mol. The average molecular weight is 522 g/mol. The number of nitrogens with one attached hydrogen (secondary N) is 2. The lowest BCUT2D eigenvalue weighted by Crippen LogP contribution is -2.20. The van der Waals surface area contributed by atoms with Gasteiger partial charge in [-0.3, -0.25) is 5.41 Å². The zero-order valence-corrected chi connectivity index (χ0v) is 21.6. The van der Waals surface area contributed by atoms with Crippen LogP contribution in [0.2, 0.25) is 5.02 Å². The van der Waals surface area contributed by atoms with Crippen LogP contribution in [0.5, 0.6) is 11.5 Å². The molecular formula is C28H29ClFN5O2. The first-order valence-electron chi connectivity index (χ1n) is 11.9. The second-order valence-corrected chi connectivity index (χ2v) is 9.05. The van der Waals surface area contributed by atoms with Crippen molar-refractivity contribution in [3.8, 4) is 22.8 Å². The van der Waals surface area contributed by atoms with Gasteiger partial charge < -0.3 is 25.1 Å². The predicted octanol–water partition coefficient (Wildman–Crippen LogP) is 6.68. The Labute approximate surface area is 220 Å². The number of aromatic nitrogens is 2. The van der Waals surface area contributed by atoms with Crippen LogP contribution in [-0.4, -0.2) is 28.5 Å². The third-order valence-corrected chi connectivity index (χ3v) is 5.89. The van der Waals surface area contributed by atoms with Crippen LogP contribution in [-0.2, 0) is 6.54 Å². The van der Waals surface area contributed by atoms with Crippen molar-refractivity contribution >= 4 is 29.1 Å². The molecule has 4 rings (SSSR count). The van der Waals surface area contributed by atoms with Crippen molar-refractivity contribution in [1.29, 1.82) is 5.41 Å². The van der Waals surface area contributed by atoms with E-state index in [4.69, 9.17) is 32.2 Å². The highest BCUT2D eigenvalue weighted by molar-refractivity contribution is 6.33. The first kappa shape index (κ1) is 26.0. The lowest BCUT2D eigenvalue weighted by atomic mass is 10.1. The third kappa shape index (κ3) is 6.03. The Hall–Kier alpha value is -4.04. The maximum Gasteiger partial charge on any atom is 0.208 e. The summed E-state index contributed by atoms with van der Waals surface area (Å²) in [5.74, 6) is 0.609. The van der Waals surface area contributed by atoms with E-state index in [1.165, 1.54) is 0 Å². The van der Waals surface area contributed by atoms with Gasteiger partial charge in [0.05, 0.1) is 31.1 Å². The summed E-state index contributed by atoms with van der Waals surface area (Å²) in [5, 5.41) is 8.29. The van der Waals surface area contributed by atoms with E-state index in [2.05, 4.69) is 9.97 Å². The molecule has 0 atom stereocenters. The van der Waals surface area contributed by atoms with Gasteiger partial charge in [-0.05, 0) is 57.2 Å². The molecule has 0 saturated carbocycles. The van der Waals surface area contributed by atoms with Crippen molar-refractivity contribution < 1.29 is 13.9 Å². The minimum Gasteiger partial charge on any atom is -0.494 e. The summed E-state index contributed by atoms with van der Waals surface area (Å²) >= 11 is 6.40. The van der Waals surface area contributed by atoms with Crippen molar-refractivity contribution in [1.82, 2.24) is 9.97 Å². The average Bonchev–Trinajstić information content (AvgIpc) is 3.35. The summed E-state index contributed by atoms with van der Waals surface area (Å²) in [5.41, 5.74) is 8.83. The fraction of sp³-hybridized carbons (Fsp3) is 0.214. The van der Waals surface area contributed by atoms with Gasteiger partial charge in [-0.2, -0.15) is 0 Å². The highest BCUT2D eigenvalue weighted by atomic mass is 35.5. The Bertz CT molecular complexity index is 1390. The Morgan fingerprint density at radius 3 is 2.54 bits per heavy atom. The summed E-state index contributed by atoms with van der Waals surface area (Å²) in [6, 6.07) is 17.8. The first-order valence-corrected chi connectivity index (χ1v) is 12.3. The largest absolute Gasteiger partial charge is 0.494 e. The van der Waals surface area contributed by atoms with Crippen molar-refractivity contribution in [3.63, 3.8) is 0 Å². The summed E-state index contributed by atoms with van der Waals surface area (Å²) in [7, 11) is 0. The SMILES string of the molecule is CCOc1cc(CN(c2ccc(C(=N)N)cc2)c2ncc(-c3ccccc3Cl)[nH]2)c(F)c(OC(C)C)c1. The van der Waals surface area contributed by atoms with Crippen LogP contribution >= 0.6 is 11.6 Å². The van der Waals surface area contributed by atoms with Crippen molar-refractivity contribution in [3.05, 3.63) is 88.8 Å². The standard InChI is InChI=1S/C28H29ClFN5O2/c1-4-36-21-13-19(26(30)25(14-21)37-17(2)3)16-35(20-11-9-18(10-12-20)27(31)32)28-33-15-24(34-28)22-7-5-6-8-23(22)29/h5-15,17H,4,16H2,1-3H3,(H3,31,32)(H,33,34). The van der Waals surface area contributed by atoms with E-state index >= 15 is 4.39 Å². The molecule has 0 fully saturated rings. The Kier molecular flexibility index (Phi) is 7.98. The van der Waals surface area contributed by atoms with Gasteiger partial charge in [-0.15, -0.1) is 0 Å². The Balaban J connectivity index is 1.79. The summed E-state index contributed by atoms with van der Waals surface area (Å²) < 4.78 is 27.1. The first-order chi connectivity index (χ1) is 17.8. The van der Waals surface area contributed by atoms with Gasteiger partial charge in [0.25, 0.3) is 0 Å². The molecule has 7 nitrogen and oxygen atoms in total. The molecule has 4 N–H and O–H groups in total. The van der Waals surface area contributed by atoms with Crippen molar-refractivity contribution in [2.45, 2.75) is 33.4 Å². The smallest absolute Gasteiger partial charge is 0.208 e. The molecule has 0 amide bonds. The van der Waals surface area contributed by atoms with E-state index < -0.39 is 5.82 Å². The quantitative estimate of drug-likeness (QED) is 0.160. The van der Waals surface area contributed by atoms with Gasteiger partial charge >= 0.3 is 0 Å². The summed E-state index contributed by atoms with van der Waals surface area (Å²) in [4.78, 5) is 9.73. The molecule has 0 saturated heterocycles. The van der Waals surface area contributed by atoms with Crippen LogP contribution in [0.25, 0.3) is 11.3 Å². The highest BCUT2D eigenvalue weighted by Crippen LogP contribution is 2.34. The number of hydrogen-bond acceptors (Lipinski definition) is 5. The number of benzene rings is 3. The minimum atomic E-state index is -0.472. The van der Waals surface area contributed by atoms with Gasteiger partial charge in [-0.1, -0.05) is 29.8 Å². The number of ether oxygens (including phenoxy) is 2. The van der Waals surface area contributed by atoms with Gasteiger partial charge in [0.1, 0.15) is 11.6 Å². The lowest BCUT2D eigenvalue weighted by molar-refractivity contribution is 0.228. The van der Waals surface area contributed by atoms with E-state index in [1.54, 1.807) is 36.5 Å². The number of H-pyrrole nitrogens is 1. The number of rotatable bonds is 10. The molecule has 4 aromatic rings. The van der Waals surface area contributed by atoms with E-state index in [-0.39, 0.29) is 24.2 Å². The second kappa shape index (κ2) is 11.3. The van der Waals surface area contributed by atoms with Crippen LogP contribution in [0.15, 0.2) is 66.9 Å². The fourth-order valence-electron chi connectivity index (χ4n) is 3.88. The molecule has 0 spiro atoms. The lowest BCUT2D eigenvalue weighted by Gasteiger charge is -2.24. The number of anilines is 2. The number of halogens is 2. The molecule has 0 aliphatic carbocycles. The van der Waals surface area contributed by atoms with E-state index in [1.807, 2.05) is 56.0 Å². The van der Waals surface area contributed by atoms with E-state index in [0.717, 1.165) is 16.9 Å². The molecular weight excluding hydrogens is 493 g/mol. The zero-order chi connectivity index (χ0) is 26.5. The fourth-order valence-corrected chi connectivity index (χ4v) is 4.11. The molecule has 1 aromatic heterocycles. The van der Waals surface area contributed by atoms with E-state index in [0.29, 0.717) is 34.5 Å². The van der Waals surface area contributed by atoms with Gasteiger partial charge in [0, 0.05) is 33.5 Å². The number of imidazole rings is 1. The maximum absolute atomic E-state index is 15.6. The van der Waals surface area contributed by atoms with Crippen molar-refractivity contribution in [2.24, 2.45) is 5.73 Å². The Morgan fingerprint density at radius 2 is 1.89 bits per heavy atom. The third-order valence-electron chi connectivity index (χ3n) is 5.56. The number of nitrogens with zero attached hydrogens (tertiary/aromatic N) is 2. The minimum absolute atomic E-state index is 0.0389. The molecule has 37 heavy (non-hydrogen) atoms. The molecule has 1 heterocycles. The molecule has 0 bridgehead atoms. The molecule has 0 radical (unpaired) electrons. The predicted molar refractivity (Wildman–Crippen MR) is 146 cm³/mol. The van der Waals surface area contributed by atoms with Crippen LogP contribution in [0, 0.1) is 11.2 Å². The van der Waals surface area contributed by atoms with E-state index in [9.17, 15) is 0 Å². The number of aromatic amines is 1. The van der Waals surface area contributed by atoms with Crippen LogP contribution in [0.1, 0.15) is 31.9 Å². The Morgan fingerprint density at radius 1 is 1.16 bits per heavy atom. The number of hydrogen-bond donors (Lipinski definition) is 3. The van der Waals surface area contributed by atoms with Gasteiger partial charge in [0.2, 0.25) is 5.95 Å². The van der Waals surface area contributed by atoms with Gasteiger partial charge in [0.15, 0.2) is 11.6 Å². The molecule has 0 aliphatic heterocycles. The molecule has 0 unspecified atom stereocenters. The second-order valence-electron chi connectivity index (χ2n) is 8.64. The number of nitrogen functional groups attached to an aromatic ring is 1. The normalized spacial score (nSPS) is 11.0. The number of nitrogens with two attached hydrogens (primary N) is 1. The van der Waals surface area contributed by atoms with Crippen LogP contribution in [0.3, 0.4) is 0 Å². The van der Waals surface area contributed by atoms with Crippen LogP contribution < -0.4 is 20.1 Å². The molecule has 0 aliphatic rings. The number of amidine groups is 1. The van der Waals surface area contributed by atoms with Crippen molar-refractivity contribution in [2.75, 3.05) is 11.5 Å². The van der Waals surface area contributed by atoms with Crippen LogP contribution in [0.4, 0.5) is 16.0 Å². The topological polar surface area (TPSA) is 100 Å². The molecule has 3 aromatic carbocycles. The summed E-state index contributed by atoms with van der Waals surface area (Å²) in [6.45, 7) is 6.11.